The number of hydrogen-bond donors (Lipinski definition) is 1. The van der Waals surface area contributed by atoms with E-state index in [4.69, 9.17) is 4.74 Å². The highest BCUT2D eigenvalue weighted by atomic mass is 32.2. The van der Waals surface area contributed by atoms with Crippen LogP contribution in [0.1, 0.15) is 19.3 Å². The van der Waals surface area contributed by atoms with E-state index in [1.165, 1.54) is 25.0 Å². The molecule has 14 heavy (non-hydrogen) atoms. The highest BCUT2D eigenvalue weighted by Gasteiger charge is 2.31. The molecule has 0 radical (unpaired) electrons. The Morgan fingerprint density at radius 3 is 3.36 bits per heavy atom. The average Bonchev–Trinajstić information content (AvgIpc) is 2.65. The van der Waals surface area contributed by atoms with Gasteiger partial charge in [-0.2, -0.15) is 0 Å². The van der Waals surface area contributed by atoms with Gasteiger partial charge in [0.05, 0.1) is 13.2 Å². The van der Waals surface area contributed by atoms with Crippen molar-refractivity contribution in [1.82, 2.24) is 5.32 Å². The summed E-state index contributed by atoms with van der Waals surface area (Å²) >= 11 is 1.87. The molecule has 0 aromatic rings. The molecule has 3 nitrogen and oxygen atoms in total. The van der Waals surface area contributed by atoms with E-state index in [1.807, 2.05) is 11.8 Å². The Morgan fingerprint density at radius 2 is 2.50 bits per heavy atom. The van der Waals surface area contributed by atoms with E-state index in [0.717, 1.165) is 24.2 Å². The second-order valence-corrected chi connectivity index (χ2v) is 4.94. The van der Waals surface area contributed by atoms with Crippen LogP contribution in [0, 0.1) is 5.92 Å². The van der Waals surface area contributed by atoms with Gasteiger partial charge in [-0.15, -0.1) is 0 Å². The Kier molecular flexibility index (Phi) is 3.70. The molecule has 0 amide bonds. The van der Waals surface area contributed by atoms with Crippen molar-refractivity contribution in [2.75, 3.05) is 26.0 Å². The highest BCUT2D eigenvalue weighted by Crippen LogP contribution is 2.32. The summed E-state index contributed by atoms with van der Waals surface area (Å²) < 4.78 is 4.98. The van der Waals surface area contributed by atoms with Crippen molar-refractivity contribution in [2.24, 2.45) is 10.9 Å². The first-order valence-electron chi connectivity index (χ1n) is 5.33. The third-order valence-corrected chi connectivity index (χ3v) is 4.07. The van der Waals surface area contributed by atoms with E-state index in [0.29, 0.717) is 6.04 Å². The van der Waals surface area contributed by atoms with Gasteiger partial charge in [0.15, 0.2) is 5.17 Å². The number of nitrogens with one attached hydrogen (secondary N) is 1. The van der Waals surface area contributed by atoms with Crippen molar-refractivity contribution in [2.45, 2.75) is 25.3 Å². The van der Waals surface area contributed by atoms with Crippen molar-refractivity contribution in [3.05, 3.63) is 0 Å². The van der Waals surface area contributed by atoms with Gasteiger partial charge in [-0.05, 0) is 18.8 Å². The number of fused-ring (bicyclic) bond motifs is 1. The zero-order valence-corrected chi connectivity index (χ0v) is 9.48. The van der Waals surface area contributed by atoms with Crippen LogP contribution in [0.2, 0.25) is 0 Å². The lowest BCUT2D eigenvalue weighted by atomic mass is 10.1. The normalized spacial score (nSPS) is 34.2. The maximum Gasteiger partial charge on any atom is 0.156 e. The molecule has 80 valence electrons. The van der Waals surface area contributed by atoms with Gasteiger partial charge in [-0.3, -0.25) is 4.99 Å². The zero-order valence-electron chi connectivity index (χ0n) is 8.66. The SMILES string of the molecule is COCCN=C1NC2CCCC2CS1. The predicted octanol–water partition coefficient (Wildman–Crippen LogP) is 1.49. The topological polar surface area (TPSA) is 33.6 Å². The summed E-state index contributed by atoms with van der Waals surface area (Å²) in [5.74, 6) is 2.14. The third-order valence-electron chi connectivity index (χ3n) is 2.95. The Hall–Kier alpha value is -0.220. The van der Waals surface area contributed by atoms with Gasteiger partial charge in [-0.25, -0.2) is 0 Å². The second kappa shape index (κ2) is 5.03. The molecule has 2 unspecified atom stereocenters. The van der Waals surface area contributed by atoms with Crippen LogP contribution in [0.15, 0.2) is 4.99 Å². The highest BCUT2D eigenvalue weighted by molar-refractivity contribution is 8.13. The third kappa shape index (κ3) is 2.42. The molecule has 4 heteroatoms. The fourth-order valence-electron chi connectivity index (χ4n) is 2.14. The van der Waals surface area contributed by atoms with Gasteiger partial charge >= 0.3 is 0 Å². The van der Waals surface area contributed by atoms with Gasteiger partial charge in [-0.1, -0.05) is 18.2 Å². The van der Waals surface area contributed by atoms with Crippen molar-refractivity contribution in [1.29, 1.82) is 0 Å². The van der Waals surface area contributed by atoms with Crippen LogP contribution in [0.3, 0.4) is 0 Å². The maximum atomic E-state index is 4.98. The smallest absolute Gasteiger partial charge is 0.156 e. The van der Waals surface area contributed by atoms with Crippen molar-refractivity contribution in [3.63, 3.8) is 0 Å². The summed E-state index contributed by atoms with van der Waals surface area (Å²) in [4.78, 5) is 4.48. The van der Waals surface area contributed by atoms with E-state index >= 15 is 0 Å². The molecule has 2 atom stereocenters. The maximum absolute atomic E-state index is 4.98. The molecule has 2 aliphatic rings. The van der Waals surface area contributed by atoms with Crippen molar-refractivity contribution < 1.29 is 4.74 Å². The first kappa shape index (κ1) is 10.3. The first-order valence-corrected chi connectivity index (χ1v) is 6.31. The predicted molar refractivity (Wildman–Crippen MR) is 60.9 cm³/mol. The number of rotatable bonds is 3. The monoisotopic (exact) mass is 214 g/mol. The van der Waals surface area contributed by atoms with Crippen LogP contribution in [-0.4, -0.2) is 37.2 Å². The minimum atomic E-state index is 0.706. The first-order chi connectivity index (χ1) is 6.90. The van der Waals surface area contributed by atoms with Gasteiger partial charge in [0.2, 0.25) is 0 Å². The molecule has 0 bridgehead atoms. The van der Waals surface area contributed by atoms with E-state index in [-0.39, 0.29) is 0 Å². The number of hydrogen-bond acceptors (Lipinski definition) is 3. The van der Waals surface area contributed by atoms with Crippen LogP contribution in [0.25, 0.3) is 0 Å². The van der Waals surface area contributed by atoms with Crippen LogP contribution >= 0.6 is 11.8 Å². The van der Waals surface area contributed by atoms with E-state index < -0.39 is 0 Å². The Morgan fingerprint density at radius 1 is 1.57 bits per heavy atom. The van der Waals surface area contributed by atoms with E-state index in [9.17, 15) is 0 Å². The lowest BCUT2D eigenvalue weighted by Crippen LogP contribution is -2.41. The Balaban J connectivity index is 1.81. The van der Waals surface area contributed by atoms with Gasteiger partial charge in [0.25, 0.3) is 0 Å². The molecule has 0 aromatic carbocycles. The Labute approximate surface area is 89.7 Å². The molecule has 2 fully saturated rings. The van der Waals surface area contributed by atoms with Gasteiger partial charge in [0, 0.05) is 18.9 Å². The fourth-order valence-corrected chi connectivity index (χ4v) is 3.33. The second-order valence-electron chi connectivity index (χ2n) is 3.93. The molecule has 1 heterocycles. The van der Waals surface area contributed by atoms with E-state index in [1.54, 1.807) is 7.11 Å². The summed E-state index contributed by atoms with van der Waals surface area (Å²) in [5, 5.41) is 4.66. The standard InChI is InChI=1S/C10H18N2OS/c1-13-6-5-11-10-12-9-4-2-3-8(9)7-14-10/h8-9H,2-7H2,1H3,(H,11,12). The lowest BCUT2D eigenvalue weighted by Gasteiger charge is -2.27. The molecular formula is C10H18N2OS. The van der Waals surface area contributed by atoms with Crippen LogP contribution in [0.4, 0.5) is 0 Å². The molecule has 1 aliphatic heterocycles. The summed E-state index contributed by atoms with van der Waals surface area (Å²) in [7, 11) is 1.72. The molecule has 1 aliphatic carbocycles. The fraction of sp³-hybridized carbons (Fsp3) is 0.900. The minimum Gasteiger partial charge on any atom is -0.383 e. The number of methoxy groups -OCH3 is 1. The summed E-state index contributed by atoms with van der Waals surface area (Å²) in [6, 6.07) is 0.706. The molecular weight excluding hydrogens is 196 g/mol. The summed E-state index contributed by atoms with van der Waals surface area (Å²) in [6.45, 7) is 1.50. The minimum absolute atomic E-state index is 0.706. The van der Waals surface area contributed by atoms with Crippen LogP contribution in [0.5, 0.6) is 0 Å². The lowest BCUT2D eigenvalue weighted by molar-refractivity contribution is 0.208. The largest absolute Gasteiger partial charge is 0.383 e. The van der Waals surface area contributed by atoms with Gasteiger partial charge < -0.3 is 10.1 Å². The van der Waals surface area contributed by atoms with Crippen molar-refractivity contribution in [3.8, 4) is 0 Å². The van der Waals surface area contributed by atoms with Gasteiger partial charge in [0.1, 0.15) is 0 Å². The van der Waals surface area contributed by atoms with Crippen LogP contribution in [-0.2, 0) is 4.74 Å². The zero-order chi connectivity index (χ0) is 9.80. The van der Waals surface area contributed by atoms with Crippen molar-refractivity contribution >= 4 is 16.9 Å². The summed E-state index contributed by atoms with van der Waals surface area (Å²) in [5.41, 5.74) is 0. The molecule has 1 N–H and O–H groups in total. The number of nitrogens with zero attached hydrogens (tertiary/aromatic N) is 1. The number of aliphatic imine (C=N–C) groups is 1. The number of ether oxygens (including phenoxy) is 1. The average molecular weight is 214 g/mol. The van der Waals surface area contributed by atoms with Crippen LogP contribution < -0.4 is 5.32 Å². The Bertz CT molecular complexity index is 220. The molecule has 0 spiro atoms. The number of amidine groups is 1. The molecule has 1 saturated heterocycles. The van der Waals surface area contributed by atoms with E-state index in [2.05, 4.69) is 10.3 Å². The summed E-state index contributed by atoms with van der Waals surface area (Å²) in [6.07, 6.45) is 4.11. The number of thioether (sulfide) groups is 1. The molecule has 0 aromatic heterocycles. The quantitative estimate of drug-likeness (QED) is 0.723. The molecule has 2 rings (SSSR count). The molecule has 1 saturated carbocycles.